The summed E-state index contributed by atoms with van der Waals surface area (Å²) in [5.74, 6) is 5.92. The van der Waals surface area contributed by atoms with Crippen molar-refractivity contribution in [3.8, 4) is 11.8 Å². The van der Waals surface area contributed by atoms with E-state index >= 15 is 0 Å². The molecule has 0 aliphatic rings. The van der Waals surface area contributed by atoms with E-state index < -0.39 is 6.29 Å². The summed E-state index contributed by atoms with van der Waals surface area (Å²) < 4.78 is 16.8. The molecular formula is C21H21BrO4. The summed E-state index contributed by atoms with van der Waals surface area (Å²) in [7, 11) is 3.19. The molecular weight excluding hydrogens is 396 g/mol. The second kappa shape index (κ2) is 10.8. The molecule has 0 heterocycles. The molecule has 0 spiro atoms. The van der Waals surface area contributed by atoms with Crippen molar-refractivity contribution in [1.29, 1.82) is 0 Å². The molecule has 136 valence electrons. The van der Waals surface area contributed by atoms with Crippen LogP contribution in [0, 0.1) is 11.8 Å². The van der Waals surface area contributed by atoms with Gasteiger partial charge in [-0.15, -0.1) is 0 Å². The molecule has 5 heteroatoms. The third-order valence-corrected chi connectivity index (χ3v) is 4.15. The number of carbonyl (C=O) groups excluding carboxylic acids is 1. The number of carbonyl (C=O) groups is 1. The van der Waals surface area contributed by atoms with Gasteiger partial charge in [0.1, 0.15) is 0 Å². The van der Waals surface area contributed by atoms with Crippen molar-refractivity contribution in [3.05, 3.63) is 69.7 Å². The van der Waals surface area contributed by atoms with E-state index in [9.17, 15) is 4.79 Å². The van der Waals surface area contributed by atoms with Crippen LogP contribution in [0.4, 0.5) is 0 Å². The van der Waals surface area contributed by atoms with Gasteiger partial charge in [0.15, 0.2) is 6.29 Å². The van der Waals surface area contributed by atoms with Crippen LogP contribution in [-0.4, -0.2) is 26.8 Å². The fourth-order valence-electron chi connectivity index (χ4n) is 2.32. The first-order chi connectivity index (χ1) is 12.7. The normalized spacial score (nSPS) is 10.3. The minimum absolute atomic E-state index is 0.321. The summed E-state index contributed by atoms with van der Waals surface area (Å²) in [6.07, 6.45) is 0.870. The largest absolute Gasteiger partial charge is 0.462 e. The second-order valence-electron chi connectivity index (χ2n) is 5.44. The number of hydrogen-bond acceptors (Lipinski definition) is 4. The molecule has 0 saturated heterocycles. The lowest BCUT2D eigenvalue weighted by atomic mass is 10.1. The quantitative estimate of drug-likeness (QED) is 0.283. The first kappa shape index (κ1) is 20.2. The third-order valence-electron chi connectivity index (χ3n) is 3.63. The number of esters is 1. The molecule has 0 aromatic heterocycles. The lowest BCUT2D eigenvalue weighted by molar-refractivity contribution is -0.106. The van der Waals surface area contributed by atoms with Gasteiger partial charge in [0, 0.05) is 36.2 Å². The minimum atomic E-state index is -0.438. The zero-order chi connectivity index (χ0) is 18.8. The number of ether oxygens (including phenoxy) is 3. The topological polar surface area (TPSA) is 44.8 Å². The highest BCUT2D eigenvalue weighted by atomic mass is 79.9. The van der Waals surface area contributed by atoms with Crippen LogP contribution in [0.3, 0.4) is 0 Å². The van der Waals surface area contributed by atoms with Crippen molar-refractivity contribution < 1.29 is 19.0 Å². The predicted molar refractivity (Wildman–Crippen MR) is 104 cm³/mol. The lowest BCUT2D eigenvalue weighted by Gasteiger charge is -2.15. The van der Waals surface area contributed by atoms with Crippen molar-refractivity contribution in [2.75, 3.05) is 20.8 Å². The number of benzene rings is 2. The molecule has 0 N–H and O–H groups in total. The Hall–Kier alpha value is -2.13. The van der Waals surface area contributed by atoms with Crippen molar-refractivity contribution in [1.82, 2.24) is 0 Å². The Labute approximate surface area is 162 Å². The van der Waals surface area contributed by atoms with Gasteiger partial charge in [-0.25, -0.2) is 4.79 Å². The SMILES string of the molecule is COC(OC)c1ccccc1C#CCCCOC(=O)c1ccc(Br)cc1. The van der Waals surface area contributed by atoms with Crippen LogP contribution in [0.5, 0.6) is 0 Å². The van der Waals surface area contributed by atoms with Gasteiger partial charge < -0.3 is 14.2 Å². The molecule has 0 saturated carbocycles. The zero-order valence-corrected chi connectivity index (χ0v) is 16.4. The molecule has 26 heavy (non-hydrogen) atoms. The van der Waals surface area contributed by atoms with Gasteiger partial charge in [0.2, 0.25) is 0 Å². The molecule has 0 aliphatic heterocycles. The van der Waals surface area contributed by atoms with E-state index in [0.29, 0.717) is 25.0 Å². The van der Waals surface area contributed by atoms with E-state index in [4.69, 9.17) is 14.2 Å². The summed E-state index contributed by atoms with van der Waals surface area (Å²) in [5.41, 5.74) is 2.30. The summed E-state index contributed by atoms with van der Waals surface area (Å²) in [6.45, 7) is 0.337. The van der Waals surface area contributed by atoms with Crippen LogP contribution in [0.2, 0.25) is 0 Å². The number of rotatable bonds is 7. The molecule has 0 unspecified atom stereocenters. The monoisotopic (exact) mass is 416 g/mol. The average Bonchev–Trinajstić information content (AvgIpc) is 2.67. The predicted octanol–water partition coefficient (Wildman–Crippen LogP) is 4.73. The fraction of sp³-hybridized carbons (Fsp3) is 0.286. The first-order valence-corrected chi connectivity index (χ1v) is 9.01. The maximum atomic E-state index is 11.9. The van der Waals surface area contributed by atoms with Crippen LogP contribution < -0.4 is 0 Å². The van der Waals surface area contributed by atoms with Gasteiger partial charge in [0.05, 0.1) is 12.2 Å². The van der Waals surface area contributed by atoms with Gasteiger partial charge in [-0.2, -0.15) is 0 Å². The number of unbranched alkanes of at least 4 members (excludes halogenated alkanes) is 1. The molecule has 0 atom stereocenters. The maximum absolute atomic E-state index is 11.9. The van der Waals surface area contributed by atoms with E-state index in [-0.39, 0.29) is 5.97 Å². The Morgan fingerprint density at radius 2 is 1.77 bits per heavy atom. The van der Waals surface area contributed by atoms with E-state index in [1.54, 1.807) is 26.4 Å². The van der Waals surface area contributed by atoms with Gasteiger partial charge in [-0.3, -0.25) is 0 Å². The molecule has 0 fully saturated rings. The maximum Gasteiger partial charge on any atom is 0.338 e. The second-order valence-corrected chi connectivity index (χ2v) is 6.35. The third kappa shape index (κ3) is 5.99. The summed E-state index contributed by atoms with van der Waals surface area (Å²) in [5, 5.41) is 0. The molecule has 2 aromatic carbocycles. The Kier molecular flexibility index (Phi) is 8.36. The summed E-state index contributed by atoms with van der Waals surface area (Å²) >= 11 is 3.33. The summed E-state index contributed by atoms with van der Waals surface area (Å²) in [4.78, 5) is 11.9. The van der Waals surface area contributed by atoms with E-state index in [0.717, 1.165) is 15.6 Å². The van der Waals surface area contributed by atoms with Crippen LogP contribution >= 0.6 is 15.9 Å². The first-order valence-electron chi connectivity index (χ1n) is 8.21. The Morgan fingerprint density at radius 1 is 1.08 bits per heavy atom. The lowest BCUT2D eigenvalue weighted by Crippen LogP contribution is -2.06. The average molecular weight is 417 g/mol. The highest BCUT2D eigenvalue weighted by molar-refractivity contribution is 9.10. The zero-order valence-electron chi connectivity index (χ0n) is 14.8. The highest BCUT2D eigenvalue weighted by Crippen LogP contribution is 2.20. The molecule has 0 aliphatic carbocycles. The Bertz CT molecular complexity index is 771. The Balaban J connectivity index is 1.82. The van der Waals surface area contributed by atoms with Crippen LogP contribution in [0.1, 0.15) is 40.6 Å². The van der Waals surface area contributed by atoms with E-state index in [2.05, 4.69) is 27.8 Å². The van der Waals surface area contributed by atoms with Crippen molar-refractivity contribution >= 4 is 21.9 Å². The standard InChI is InChI=1S/C21H21BrO4/c1-24-21(25-2)19-10-6-5-9-16(19)8-4-3-7-15-26-20(23)17-11-13-18(22)14-12-17/h5-6,9-14,21H,3,7,15H2,1-2H3. The number of halogens is 1. The fourth-order valence-corrected chi connectivity index (χ4v) is 2.58. The van der Waals surface area contributed by atoms with Gasteiger partial charge in [0.25, 0.3) is 0 Å². The summed E-state index contributed by atoms with van der Waals surface area (Å²) in [6, 6.07) is 14.8. The van der Waals surface area contributed by atoms with Gasteiger partial charge >= 0.3 is 5.97 Å². The van der Waals surface area contributed by atoms with E-state index in [1.807, 2.05) is 36.4 Å². The van der Waals surface area contributed by atoms with Gasteiger partial charge in [-0.05, 0) is 36.8 Å². The Morgan fingerprint density at radius 3 is 2.46 bits per heavy atom. The minimum Gasteiger partial charge on any atom is -0.462 e. The molecule has 0 amide bonds. The van der Waals surface area contributed by atoms with Gasteiger partial charge in [-0.1, -0.05) is 46.0 Å². The number of methoxy groups -OCH3 is 2. The van der Waals surface area contributed by atoms with Crippen molar-refractivity contribution in [3.63, 3.8) is 0 Å². The van der Waals surface area contributed by atoms with Crippen LogP contribution in [-0.2, 0) is 14.2 Å². The molecule has 4 nitrogen and oxygen atoms in total. The van der Waals surface area contributed by atoms with Crippen molar-refractivity contribution in [2.24, 2.45) is 0 Å². The highest BCUT2D eigenvalue weighted by Gasteiger charge is 2.11. The van der Waals surface area contributed by atoms with Crippen molar-refractivity contribution in [2.45, 2.75) is 19.1 Å². The number of hydrogen-bond donors (Lipinski definition) is 0. The van der Waals surface area contributed by atoms with Crippen LogP contribution in [0.25, 0.3) is 0 Å². The molecule has 2 rings (SSSR count). The molecule has 0 radical (unpaired) electrons. The van der Waals surface area contributed by atoms with E-state index in [1.165, 1.54) is 0 Å². The molecule has 0 bridgehead atoms. The van der Waals surface area contributed by atoms with Crippen LogP contribution in [0.15, 0.2) is 53.0 Å². The molecule has 2 aromatic rings. The smallest absolute Gasteiger partial charge is 0.338 e.